The molecule has 0 saturated carbocycles. The molecule has 11 heteroatoms. The molecule has 1 N–H and O–H groups in total. The fraction of sp³-hybridized carbons (Fsp3) is 0.188. The Morgan fingerprint density at radius 2 is 1.85 bits per heavy atom. The first-order valence-electron chi connectivity index (χ1n) is 7.58. The maximum Gasteiger partial charge on any atom is 0.416 e. The van der Waals surface area contributed by atoms with E-state index in [0.717, 1.165) is 18.2 Å². The molecule has 0 aliphatic heterocycles. The molecule has 27 heavy (non-hydrogen) atoms. The summed E-state index contributed by atoms with van der Waals surface area (Å²) in [6, 6.07) is 8.36. The second kappa shape index (κ2) is 6.99. The highest BCUT2D eigenvalue weighted by Gasteiger charge is 2.30. The van der Waals surface area contributed by atoms with Gasteiger partial charge in [0.2, 0.25) is 5.91 Å². The van der Waals surface area contributed by atoms with Gasteiger partial charge in [-0.25, -0.2) is 13.0 Å². The number of amides is 1. The number of carbonyl (C=O) groups is 1. The van der Waals surface area contributed by atoms with Crippen molar-refractivity contribution in [3.8, 4) is 0 Å². The number of carbonyl (C=O) groups excluding carboxylic acids is 1. The average molecular weight is 399 g/mol. The lowest BCUT2D eigenvalue weighted by Crippen LogP contribution is -2.18. The topological polar surface area (TPSA) is 102 Å². The van der Waals surface area contributed by atoms with Gasteiger partial charge in [-0.15, -0.1) is 0 Å². The van der Waals surface area contributed by atoms with Gasteiger partial charge in [0.05, 0.1) is 16.2 Å². The van der Waals surface area contributed by atoms with Crippen molar-refractivity contribution >= 4 is 32.5 Å². The van der Waals surface area contributed by atoms with Crippen molar-refractivity contribution in [3.63, 3.8) is 0 Å². The van der Waals surface area contributed by atoms with Crippen molar-refractivity contribution in [1.82, 2.24) is 10.3 Å². The number of hydrogen-bond acceptors (Lipinski definition) is 6. The van der Waals surface area contributed by atoms with E-state index in [1.165, 1.54) is 24.3 Å². The van der Waals surface area contributed by atoms with Crippen molar-refractivity contribution in [2.45, 2.75) is 17.5 Å². The number of sulfone groups is 1. The summed E-state index contributed by atoms with van der Waals surface area (Å²) in [5.74, 6) is -1.28. The monoisotopic (exact) mass is 399 g/mol. The average Bonchev–Trinajstić information content (AvgIpc) is 3.08. The normalized spacial score (nSPS) is 12.3. The second-order valence-corrected chi connectivity index (χ2v) is 7.66. The first kappa shape index (κ1) is 18.8. The SMILES string of the molecule is O=C(CCS(=O)(=O)c1cccc2nonc12)Nc1cccc(C(F)(F)F)c1. The van der Waals surface area contributed by atoms with Crippen LogP contribution in [-0.2, 0) is 20.8 Å². The molecule has 0 unspecified atom stereocenters. The molecule has 0 atom stereocenters. The molecule has 1 aromatic heterocycles. The molecular formula is C16H12F3N3O4S. The summed E-state index contributed by atoms with van der Waals surface area (Å²) >= 11 is 0. The van der Waals surface area contributed by atoms with Gasteiger partial charge in [0.25, 0.3) is 0 Å². The first-order valence-corrected chi connectivity index (χ1v) is 9.23. The van der Waals surface area contributed by atoms with Crippen LogP contribution in [0.3, 0.4) is 0 Å². The molecule has 0 aliphatic rings. The lowest BCUT2D eigenvalue weighted by molar-refractivity contribution is -0.137. The van der Waals surface area contributed by atoms with Gasteiger partial charge in [-0.2, -0.15) is 13.2 Å². The molecule has 1 amide bonds. The van der Waals surface area contributed by atoms with E-state index in [1.807, 2.05) is 0 Å². The molecule has 1 heterocycles. The zero-order valence-electron chi connectivity index (χ0n) is 13.5. The predicted octanol–water partition coefficient (Wildman–Crippen LogP) is 3.04. The second-order valence-electron chi connectivity index (χ2n) is 5.58. The van der Waals surface area contributed by atoms with Gasteiger partial charge in [-0.05, 0) is 40.6 Å². The Bertz CT molecular complexity index is 1090. The molecule has 0 radical (unpaired) electrons. The van der Waals surface area contributed by atoms with Crippen molar-refractivity contribution in [2.24, 2.45) is 0 Å². The lowest BCUT2D eigenvalue weighted by atomic mass is 10.2. The largest absolute Gasteiger partial charge is 0.416 e. The molecule has 0 aliphatic carbocycles. The molecule has 7 nitrogen and oxygen atoms in total. The van der Waals surface area contributed by atoms with Crippen LogP contribution in [0.25, 0.3) is 11.0 Å². The van der Waals surface area contributed by atoms with Crippen LogP contribution < -0.4 is 5.32 Å². The zero-order chi connectivity index (χ0) is 19.7. The minimum atomic E-state index is -4.55. The summed E-state index contributed by atoms with van der Waals surface area (Å²) in [4.78, 5) is 11.8. The Balaban J connectivity index is 1.70. The minimum Gasteiger partial charge on any atom is -0.326 e. The maximum atomic E-state index is 12.7. The highest BCUT2D eigenvalue weighted by atomic mass is 32.2. The van der Waals surface area contributed by atoms with Crippen LogP contribution >= 0.6 is 0 Å². The Morgan fingerprint density at radius 3 is 2.59 bits per heavy atom. The summed E-state index contributed by atoms with van der Waals surface area (Å²) in [6.07, 6.45) is -4.99. The summed E-state index contributed by atoms with van der Waals surface area (Å²) < 4.78 is 67.5. The van der Waals surface area contributed by atoms with E-state index >= 15 is 0 Å². The summed E-state index contributed by atoms with van der Waals surface area (Å²) in [5, 5.41) is 9.35. The summed E-state index contributed by atoms with van der Waals surface area (Å²) in [6.45, 7) is 0. The zero-order valence-corrected chi connectivity index (χ0v) is 14.3. The number of alkyl halides is 3. The van der Waals surface area contributed by atoms with Gasteiger partial charge < -0.3 is 5.32 Å². The third-order valence-corrected chi connectivity index (χ3v) is 5.40. The van der Waals surface area contributed by atoms with Gasteiger partial charge in [0, 0.05) is 12.1 Å². The highest BCUT2D eigenvalue weighted by Crippen LogP contribution is 2.30. The van der Waals surface area contributed by atoms with E-state index in [0.29, 0.717) is 0 Å². The number of halogens is 3. The number of hydrogen-bond donors (Lipinski definition) is 1. The highest BCUT2D eigenvalue weighted by molar-refractivity contribution is 7.91. The number of fused-ring (bicyclic) bond motifs is 1. The van der Waals surface area contributed by atoms with Crippen LogP contribution in [-0.4, -0.2) is 30.4 Å². The molecule has 3 aromatic rings. The third-order valence-electron chi connectivity index (χ3n) is 3.66. The molecule has 3 rings (SSSR count). The molecule has 0 saturated heterocycles. The molecule has 0 fully saturated rings. The van der Waals surface area contributed by atoms with Gasteiger partial charge in [0.1, 0.15) is 5.52 Å². The van der Waals surface area contributed by atoms with Crippen molar-refractivity contribution in [3.05, 3.63) is 48.0 Å². The fourth-order valence-corrected chi connectivity index (χ4v) is 3.76. The fourth-order valence-electron chi connectivity index (χ4n) is 2.37. The van der Waals surface area contributed by atoms with Crippen LogP contribution in [0, 0.1) is 0 Å². The van der Waals surface area contributed by atoms with Crippen molar-refractivity contribution < 1.29 is 31.0 Å². The Morgan fingerprint density at radius 1 is 1.11 bits per heavy atom. The number of aromatic nitrogens is 2. The van der Waals surface area contributed by atoms with E-state index in [1.54, 1.807) is 0 Å². The maximum absolute atomic E-state index is 12.7. The Hall–Kier alpha value is -2.95. The smallest absolute Gasteiger partial charge is 0.326 e. The Kier molecular flexibility index (Phi) is 4.87. The van der Waals surface area contributed by atoms with E-state index in [2.05, 4.69) is 20.3 Å². The standard InChI is InChI=1S/C16H12F3N3O4S/c17-16(18,19)10-3-1-4-11(9-10)20-14(23)7-8-27(24,25)13-6-2-5-12-15(13)22-26-21-12/h1-6,9H,7-8H2,(H,20,23). The third kappa shape index (κ3) is 4.25. The lowest BCUT2D eigenvalue weighted by Gasteiger charge is -2.10. The molecule has 142 valence electrons. The molecule has 2 aromatic carbocycles. The van der Waals surface area contributed by atoms with E-state index in [-0.39, 0.29) is 21.6 Å². The van der Waals surface area contributed by atoms with E-state index < -0.39 is 39.7 Å². The van der Waals surface area contributed by atoms with E-state index in [9.17, 15) is 26.4 Å². The van der Waals surface area contributed by atoms with Gasteiger partial charge >= 0.3 is 6.18 Å². The number of benzene rings is 2. The predicted molar refractivity (Wildman–Crippen MR) is 88.5 cm³/mol. The number of rotatable bonds is 5. The van der Waals surface area contributed by atoms with Crippen molar-refractivity contribution in [1.29, 1.82) is 0 Å². The van der Waals surface area contributed by atoms with Crippen LogP contribution in [0.4, 0.5) is 18.9 Å². The molecule has 0 bridgehead atoms. The first-order chi connectivity index (χ1) is 12.7. The van der Waals surface area contributed by atoms with E-state index in [4.69, 9.17) is 0 Å². The molecule has 0 spiro atoms. The van der Waals surface area contributed by atoms with Crippen molar-refractivity contribution in [2.75, 3.05) is 11.1 Å². The van der Waals surface area contributed by atoms with Crippen LogP contribution in [0.2, 0.25) is 0 Å². The minimum absolute atomic E-state index is 0.0517. The van der Waals surface area contributed by atoms with Gasteiger partial charge in [-0.3, -0.25) is 4.79 Å². The number of nitrogens with zero attached hydrogens (tertiary/aromatic N) is 2. The quantitative estimate of drug-likeness (QED) is 0.708. The summed E-state index contributed by atoms with van der Waals surface area (Å²) in [7, 11) is -3.88. The molecular weight excluding hydrogens is 387 g/mol. The van der Waals surface area contributed by atoms with Gasteiger partial charge in [-0.1, -0.05) is 12.1 Å². The van der Waals surface area contributed by atoms with Crippen LogP contribution in [0.5, 0.6) is 0 Å². The summed E-state index contributed by atoms with van der Waals surface area (Å²) in [5.41, 5.74) is -0.687. The number of nitrogens with one attached hydrogen (secondary N) is 1. The van der Waals surface area contributed by atoms with Gasteiger partial charge in [0.15, 0.2) is 15.4 Å². The van der Waals surface area contributed by atoms with Crippen LogP contribution in [0.15, 0.2) is 52.0 Å². The van der Waals surface area contributed by atoms with Crippen LogP contribution in [0.1, 0.15) is 12.0 Å². The number of anilines is 1. The Labute approximate surface area is 151 Å².